The second-order valence-electron chi connectivity index (χ2n) is 8.68. The van der Waals surface area contributed by atoms with Crippen molar-refractivity contribution in [1.82, 2.24) is 0 Å². The molecule has 0 heterocycles. The molecule has 0 aliphatic carbocycles. The van der Waals surface area contributed by atoms with Crippen LogP contribution in [0.5, 0.6) is 0 Å². The second-order valence-corrected chi connectivity index (χ2v) is 11.0. The van der Waals surface area contributed by atoms with Crippen molar-refractivity contribution in [3.63, 3.8) is 0 Å². The summed E-state index contributed by atoms with van der Waals surface area (Å²) in [5.74, 6) is -1.26. The zero-order valence-corrected chi connectivity index (χ0v) is 22.9. The van der Waals surface area contributed by atoms with Gasteiger partial charge >= 0.3 is 0 Å². The molecule has 4 aromatic rings. The number of aryl methyl sites for hydroxylation is 2. The fourth-order valence-electron chi connectivity index (χ4n) is 3.58. The maximum absolute atomic E-state index is 12.9. The number of carbonyl (C=O) groups is 2. The Balaban J connectivity index is 1.54. The molecular formula is C28H22N4O6S2. The van der Waals surface area contributed by atoms with Crippen LogP contribution in [0.15, 0.2) is 94.7 Å². The normalized spacial score (nSPS) is 10.6. The van der Waals surface area contributed by atoms with Gasteiger partial charge in [0.2, 0.25) is 0 Å². The van der Waals surface area contributed by atoms with Crippen LogP contribution in [0.1, 0.15) is 31.8 Å². The molecule has 0 saturated carbocycles. The summed E-state index contributed by atoms with van der Waals surface area (Å²) in [6.07, 6.45) is 0. The van der Waals surface area contributed by atoms with E-state index in [-0.39, 0.29) is 22.5 Å². The highest BCUT2D eigenvalue weighted by Crippen LogP contribution is 2.40. The summed E-state index contributed by atoms with van der Waals surface area (Å²) in [4.78, 5) is 48.8. The first-order valence-electron chi connectivity index (χ1n) is 11.8. The quantitative estimate of drug-likeness (QED) is 0.119. The molecule has 202 valence electrons. The number of rotatable bonds is 9. The summed E-state index contributed by atoms with van der Waals surface area (Å²) >= 11 is 0. The van der Waals surface area contributed by atoms with E-state index >= 15 is 0 Å². The van der Waals surface area contributed by atoms with Crippen molar-refractivity contribution in [2.24, 2.45) is 0 Å². The molecule has 0 aromatic heterocycles. The molecule has 0 unspecified atom stereocenters. The third kappa shape index (κ3) is 7.04. The SMILES string of the molecule is Cc1ccc(NC(=O)c2cc(SSc3ccc([N+](=O)[O-])c(C(=O)Nc4ccc(C)cc4)c3)ccc2[N+](=O)[O-])cc1. The van der Waals surface area contributed by atoms with Crippen LogP contribution >= 0.6 is 21.6 Å². The maximum Gasteiger partial charge on any atom is 0.282 e. The summed E-state index contributed by atoms with van der Waals surface area (Å²) in [6.45, 7) is 3.80. The first-order chi connectivity index (χ1) is 19.1. The fraction of sp³-hybridized carbons (Fsp3) is 0.0714. The Morgan fingerprint density at radius 1 is 0.600 bits per heavy atom. The van der Waals surface area contributed by atoms with Gasteiger partial charge in [-0.15, -0.1) is 0 Å². The smallest absolute Gasteiger partial charge is 0.282 e. The minimum Gasteiger partial charge on any atom is -0.322 e. The van der Waals surface area contributed by atoms with Gasteiger partial charge in [-0.1, -0.05) is 57.0 Å². The van der Waals surface area contributed by atoms with Crippen LogP contribution in [0.25, 0.3) is 0 Å². The zero-order valence-electron chi connectivity index (χ0n) is 21.2. The average Bonchev–Trinajstić information content (AvgIpc) is 2.93. The summed E-state index contributed by atoms with van der Waals surface area (Å²) in [6, 6.07) is 22.4. The zero-order chi connectivity index (χ0) is 28.8. The molecule has 40 heavy (non-hydrogen) atoms. The van der Waals surface area contributed by atoms with Crippen LogP contribution in [-0.4, -0.2) is 21.7 Å². The molecule has 0 aliphatic rings. The number of carbonyl (C=O) groups excluding carboxylic acids is 2. The van der Waals surface area contributed by atoms with Crippen LogP contribution in [0.4, 0.5) is 22.7 Å². The third-order valence-corrected chi connectivity index (χ3v) is 8.05. The molecule has 0 bridgehead atoms. The van der Waals surface area contributed by atoms with Crippen molar-refractivity contribution in [2.75, 3.05) is 10.6 Å². The highest BCUT2D eigenvalue weighted by Gasteiger charge is 2.23. The number of nitro groups is 2. The molecule has 4 rings (SSSR count). The van der Waals surface area contributed by atoms with Gasteiger partial charge in [0, 0.05) is 33.3 Å². The van der Waals surface area contributed by atoms with Crippen molar-refractivity contribution in [3.05, 3.63) is 127 Å². The minimum absolute atomic E-state index is 0.113. The van der Waals surface area contributed by atoms with E-state index in [0.717, 1.165) is 11.1 Å². The number of nitrogens with zero attached hydrogens (tertiary/aromatic N) is 2. The summed E-state index contributed by atoms with van der Waals surface area (Å²) in [5.41, 5.74) is 2.09. The molecule has 0 saturated heterocycles. The Bertz CT molecular complexity index is 1490. The van der Waals surface area contributed by atoms with Crippen LogP contribution in [0, 0.1) is 34.1 Å². The van der Waals surface area contributed by atoms with Crippen molar-refractivity contribution in [3.8, 4) is 0 Å². The van der Waals surface area contributed by atoms with Gasteiger partial charge in [0.1, 0.15) is 11.1 Å². The van der Waals surface area contributed by atoms with Gasteiger partial charge in [0.05, 0.1) is 9.85 Å². The lowest BCUT2D eigenvalue weighted by molar-refractivity contribution is -0.385. The molecule has 10 nitrogen and oxygen atoms in total. The molecule has 4 aromatic carbocycles. The predicted octanol–water partition coefficient (Wildman–Crippen LogP) is 7.42. The topological polar surface area (TPSA) is 144 Å². The van der Waals surface area contributed by atoms with Crippen LogP contribution in [0.3, 0.4) is 0 Å². The van der Waals surface area contributed by atoms with Crippen LogP contribution in [0.2, 0.25) is 0 Å². The first kappa shape index (κ1) is 28.3. The van der Waals surface area contributed by atoms with Gasteiger partial charge in [-0.05, 0) is 62.4 Å². The van der Waals surface area contributed by atoms with E-state index in [1.807, 2.05) is 38.1 Å². The molecule has 0 atom stereocenters. The van der Waals surface area contributed by atoms with E-state index in [1.165, 1.54) is 58.0 Å². The molecule has 12 heteroatoms. The van der Waals surface area contributed by atoms with Gasteiger partial charge in [-0.2, -0.15) is 0 Å². The van der Waals surface area contributed by atoms with Gasteiger partial charge in [0.25, 0.3) is 23.2 Å². The van der Waals surface area contributed by atoms with Crippen LogP contribution in [-0.2, 0) is 0 Å². The number of anilines is 2. The summed E-state index contributed by atoms with van der Waals surface area (Å²) in [5, 5.41) is 28.5. The standard InChI is InChI=1S/C28H22N4O6S2/c1-17-3-7-19(8-4-17)29-27(33)23-15-21(11-13-25(23)31(35)36)39-40-22-12-14-26(32(37)38)24(16-22)28(34)30-20-9-5-18(2)6-10-20/h3-16H,1-2H3,(H,29,33)(H,30,34). The number of benzene rings is 4. The van der Waals surface area contributed by atoms with E-state index in [0.29, 0.717) is 21.2 Å². The molecule has 0 fully saturated rings. The average molecular weight is 575 g/mol. The highest BCUT2D eigenvalue weighted by atomic mass is 33.1. The molecular weight excluding hydrogens is 552 g/mol. The lowest BCUT2D eigenvalue weighted by atomic mass is 10.1. The largest absolute Gasteiger partial charge is 0.322 e. The Kier molecular flexibility index (Phi) is 8.82. The Morgan fingerprint density at radius 2 is 0.950 bits per heavy atom. The molecule has 0 radical (unpaired) electrons. The van der Waals surface area contributed by atoms with Crippen molar-refractivity contribution < 1.29 is 19.4 Å². The summed E-state index contributed by atoms with van der Waals surface area (Å²) < 4.78 is 0. The van der Waals surface area contributed by atoms with Crippen LogP contribution < -0.4 is 10.6 Å². The maximum atomic E-state index is 12.9. The number of amides is 2. The van der Waals surface area contributed by atoms with E-state index < -0.39 is 21.7 Å². The Morgan fingerprint density at radius 3 is 1.27 bits per heavy atom. The lowest BCUT2D eigenvalue weighted by Crippen LogP contribution is -2.14. The van der Waals surface area contributed by atoms with Gasteiger partial charge < -0.3 is 10.6 Å². The lowest BCUT2D eigenvalue weighted by Gasteiger charge is -2.09. The van der Waals surface area contributed by atoms with E-state index in [2.05, 4.69) is 10.6 Å². The fourth-order valence-corrected chi connectivity index (χ4v) is 5.55. The minimum atomic E-state index is -0.631. The Hall–Kier alpha value is -4.68. The van der Waals surface area contributed by atoms with Crippen molar-refractivity contribution >= 4 is 56.2 Å². The predicted molar refractivity (Wildman–Crippen MR) is 156 cm³/mol. The molecule has 2 N–H and O–H groups in total. The van der Waals surface area contributed by atoms with Gasteiger partial charge in [-0.3, -0.25) is 29.8 Å². The highest BCUT2D eigenvalue weighted by molar-refractivity contribution is 8.76. The number of nitrogens with one attached hydrogen (secondary N) is 2. The van der Waals surface area contributed by atoms with Gasteiger partial charge in [0.15, 0.2) is 0 Å². The first-order valence-corrected chi connectivity index (χ1v) is 13.9. The molecule has 2 amide bonds. The van der Waals surface area contributed by atoms with E-state index in [1.54, 1.807) is 24.3 Å². The van der Waals surface area contributed by atoms with E-state index in [9.17, 15) is 29.8 Å². The monoisotopic (exact) mass is 574 g/mol. The number of hydrogen-bond acceptors (Lipinski definition) is 8. The number of nitro benzene ring substituents is 2. The third-order valence-electron chi connectivity index (χ3n) is 5.67. The van der Waals surface area contributed by atoms with Gasteiger partial charge in [-0.25, -0.2) is 0 Å². The molecule has 0 aliphatic heterocycles. The molecule has 0 spiro atoms. The second kappa shape index (κ2) is 12.5. The summed E-state index contributed by atoms with van der Waals surface area (Å²) in [7, 11) is 2.37. The number of hydrogen-bond donors (Lipinski definition) is 2. The van der Waals surface area contributed by atoms with E-state index in [4.69, 9.17) is 0 Å². The van der Waals surface area contributed by atoms with Crippen molar-refractivity contribution in [1.29, 1.82) is 0 Å². The van der Waals surface area contributed by atoms with Crippen molar-refractivity contribution in [2.45, 2.75) is 23.6 Å². The Labute approximate surface area is 236 Å².